The van der Waals surface area contributed by atoms with Crippen LogP contribution in [0.2, 0.25) is 0 Å². The summed E-state index contributed by atoms with van der Waals surface area (Å²) in [5.41, 5.74) is -0.121. The normalized spacial score (nSPS) is 13.5. The van der Waals surface area contributed by atoms with Gasteiger partial charge in [0.15, 0.2) is 0 Å². The standard InChI is InChI=1S/C34H63N5O4/c1-5-6-7-8-9-10-11-12-13-16-19-22-25-38(29(2)40)27-30(41)24-21-18-15-14-17-20-23-26-39-28-36(3)31-32(42)35-34(43)37(4)33(31)39/h30,41H,5-28H2,1-4H3,(H,35,42,43). The topological polar surface area (TPSA) is 102 Å². The Labute approximate surface area is 261 Å². The second-order valence-corrected chi connectivity index (χ2v) is 12.9. The summed E-state index contributed by atoms with van der Waals surface area (Å²) in [6, 6.07) is 0. The zero-order chi connectivity index (χ0) is 31.5. The van der Waals surface area contributed by atoms with Crippen molar-refractivity contribution in [2.45, 2.75) is 148 Å². The maximum absolute atomic E-state index is 12.2. The molecule has 43 heavy (non-hydrogen) atoms. The number of amides is 1. The third-order valence-corrected chi connectivity index (χ3v) is 8.96. The van der Waals surface area contributed by atoms with Crippen LogP contribution in [0.25, 0.3) is 0 Å². The first-order chi connectivity index (χ1) is 20.8. The molecular weight excluding hydrogens is 542 g/mol. The molecule has 0 saturated heterocycles. The van der Waals surface area contributed by atoms with Gasteiger partial charge in [-0.3, -0.25) is 19.1 Å². The predicted molar refractivity (Wildman–Crippen MR) is 179 cm³/mol. The van der Waals surface area contributed by atoms with Crippen LogP contribution in [0.1, 0.15) is 142 Å². The van der Waals surface area contributed by atoms with Crippen LogP contribution in [-0.2, 0) is 11.8 Å². The first-order valence-corrected chi connectivity index (χ1v) is 17.5. The maximum atomic E-state index is 12.2. The van der Waals surface area contributed by atoms with E-state index < -0.39 is 6.10 Å². The van der Waals surface area contributed by atoms with Crippen LogP contribution in [0.5, 0.6) is 0 Å². The van der Waals surface area contributed by atoms with Gasteiger partial charge >= 0.3 is 5.69 Å². The van der Waals surface area contributed by atoms with Gasteiger partial charge in [0.1, 0.15) is 11.5 Å². The highest BCUT2D eigenvalue weighted by atomic mass is 16.3. The van der Waals surface area contributed by atoms with Crippen molar-refractivity contribution in [3.8, 4) is 0 Å². The zero-order valence-electron chi connectivity index (χ0n) is 28.0. The molecule has 9 nitrogen and oxygen atoms in total. The fourth-order valence-corrected chi connectivity index (χ4v) is 6.31. The summed E-state index contributed by atoms with van der Waals surface area (Å²) < 4.78 is 1.53. The third-order valence-electron chi connectivity index (χ3n) is 8.96. The minimum atomic E-state index is -0.439. The van der Waals surface area contributed by atoms with Gasteiger partial charge in [0, 0.05) is 40.7 Å². The van der Waals surface area contributed by atoms with E-state index in [9.17, 15) is 19.5 Å². The molecule has 0 aromatic carbocycles. The minimum absolute atomic E-state index is 0.0696. The molecule has 1 atom stereocenters. The number of aliphatic hydroxyl groups excluding tert-OH is 1. The SMILES string of the molecule is CCCCCCCCCCCCCCN(CC(O)CCCCCCCCCN1CN(C)c2c1n(C)c(=O)[nH]c2=O)C(C)=O. The van der Waals surface area contributed by atoms with Gasteiger partial charge in [-0.05, 0) is 19.3 Å². The predicted octanol–water partition coefficient (Wildman–Crippen LogP) is 6.32. The molecule has 1 aliphatic heterocycles. The van der Waals surface area contributed by atoms with Gasteiger partial charge < -0.3 is 19.8 Å². The lowest BCUT2D eigenvalue weighted by Crippen LogP contribution is -2.36. The number of unbranched alkanes of at least 4 members (excludes halogenated alkanes) is 17. The molecular formula is C34H63N5O4. The molecule has 1 aromatic heterocycles. The van der Waals surface area contributed by atoms with Crippen LogP contribution >= 0.6 is 0 Å². The van der Waals surface area contributed by atoms with Crippen LogP contribution in [-0.4, -0.2) is 64.9 Å². The number of aliphatic hydroxyl groups is 1. The summed E-state index contributed by atoms with van der Waals surface area (Å²) in [6.45, 7) is 6.55. The van der Waals surface area contributed by atoms with Crippen LogP contribution in [0.3, 0.4) is 0 Å². The summed E-state index contributed by atoms with van der Waals surface area (Å²) in [4.78, 5) is 44.6. The molecule has 0 bridgehead atoms. The van der Waals surface area contributed by atoms with Gasteiger partial charge in [0.2, 0.25) is 5.91 Å². The van der Waals surface area contributed by atoms with Crippen LogP contribution < -0.4 is 21.0 Å². The summed E-state index contributed by atoms with van der Waals surface area (Å²) in [7, 11) is 3.59. The van der Waals surface area contributed by atoms with Crippen molar-refractivity contribution in [3.63, 3.8) is 0 Å². The van der Waals surface area contributed by atoms with Crippen LogP contribution in [0.4, 0.5) is 11.5 Å². The Morgan fingerprint density at radius 3 is 1.88 bits per heavy atom. The molecule has 1 aliphatic rings. The van der Waals surface area contributed by atoms with Crippen molar-refractivity contribution in [3.05, 3.63) is 20.8 Å². The number of aromatic nitrogens is 2. The first-order valence-electron chi connectivity index (χ1n) is 17.5. The number of anilines is 2. The summed E-state index contributed by atoms with van der Waals surface area (Å²) in [5, 5.41) is 10.5. The van der Waals surface area contributed by atoms with E-state index in [0.29, 0.717) is 24.7 Å². The highest BCUT2D eigenvalue weighted by Crippen LogP contribution is 2.29. The average molecular weight is 606 g/mol. The molecule has 1 amide bonds. The lowest BCUT2D eigenvalue weighted by molar-refractivity contribution is -0.130. The number of hydrogen-bond donors (Lipinski definition) is 2. The van der Waals surface area contributed by atoms with E-state index in [0.717, 1.165) is 70.9 Å². The molecule has 2 rings (SSSR count). The van der Waals surface area contributed by atoms with Gasteiger partial charge in [-0.1, -0.05) is 116 Å². The van der Waals surface area contributed by atoms with Gasteiger partial charge in [0.25, 0.3) is 5.56 Å². The van der Waals surface area contributed by atoms with E-state index in [1.54, 1.807) is 14.0 Å². The molecule has 9 heteroatoms. The summed E-state index contributed by atoms with van der Waals surface area (Å²) >= 11 is 0. The first kappa shape index (κ1) is 36.9. The Morgan fingerprint density at radius 1 is 0.814 bits per heavy atom. The quantitative estimate of drug-likeness (QED) is 0.127. The molecule has 0 aliphatic carbocycles. The van der Waals surface area contributed by atoms with Gasteiger partial charge in [-0.25, -0.2) is 4.79 Å². The van der Waals surface area contributed by atoms with Crippen LogP contribution in [0, 0.1) is 0 Å². The van der Waals surface area contributed by atoms with E-state index in [1.165, 1.54) is 75.2 Å². The van der Waals surface area contributed by atoms with Gasteiger partial charge in [-0.2, -0.15) is 0 Å². The Kier molecular flexibility index (Phi) is 18.4. The minimum Gasteiger partial charge on any atom is -0.391 e. The van der Waals surface area contributed by atoms with E-state index >= 15 is 0 Å². The fraction of sp³-hybridized carbons (Fsp3) is 0.853. The molecule has 0 radical (unpaired) electrons. The number of hydrogen-bond acceptors (Lipinski definition) is 6. The third kappa shape index (κ3) is 13.9. The van der Waals surface area contributed by atoms with Crippen molar-refractivity contribution in [2.75, 3.05) is 43.2 Å². The molecule has 2 N–H and O–H groups in total. The number of carbonyl (C=O) groups is 1. The van der Waals surface area contributed by atoms with Crippen molar-refractivity contribution in [1.29, 1.82) is 0 Å². The Bertz CT molecular complexity index is 1020. The monoisotopic (exact) mass is 605 g/mol. The van der Waals surface area contributed by atoms with E-state index in [1.807, 2.05) is 16.8 Å². The molecule has 0 fully saturated rings. The highest BCUT2D eigenvalue weighted by Gasteiger charge is 2.29. The second kappa shape index (κ2) is 21.4. The molecule has 1 aromatic rings. The highest BCUT2D eigenvalue weighted by molar-refractivity contribution is 5.73. The zero-order valence-corrected chi connectivity index (χ0v) is 28.0. The summed E-state index contributed by atoms with van der Waals surface area (Å²) in [5.74, 6) is 0.785. The van der Waals surface area contributed by atoms with Crippen molar-refractivity contribution in [1.82, 2.24) is 14.5 Å². The van der Waals surface area contributed by atoms with Gasteiger partial charge in [-0.15, -0.1) is 0 Å². The molecule has 248 valence electrons. The Hall–Kier alpha value is -2.29. The van der Waals surface area contributed by atoms with Crippen molar-refractivity contribution >= 4 is 17.4 Å². The number of H-pyrrole nitrogens is 1. The number of carbonyl (C=O) groups excluding carboxylic acids is 1. The number of nitrogens with zero attached hydrogens (tertiary/aromatic N) is 4. The summed E-state index contributed by atoms with van der Waals surface area (Å²) in [6.07, 6.45) is 23.7. The Morgan fingerprint density at radius 2 is 1.33 bits per heavy atom. The maximum Gasteiger partial charge on any atom is 0.329 e. The number of nitrogens with one attached hydrogen (secondary N) is 1. The van der Waals surface area contributed by atoms with Crippen LogP contribution in [0.15, 0.2) is 9.59 Å². The number of aromatic amines is 1. The Balaban J connectivity index is 1.47. The van der Waals surface area contributed by atoms with Gasteiger partial charge in [0.05, 0.1) is 12.8 Å². The number of rotatable bonds is 25. The molecule has 0 spiro atoms. The molecule has 0 saturated carbocycles. The number of fused-ring (bicyclic) bond motifs is 1. The van der Waals surface area contributed by atoms with E-state index in [4.69, 9.17) is 0 Å². The van der Waals surface area contributed by atoms with Crippen molar-refractivity contribution in [2.24, 2.45) is 7.05 Å². The lowest BCUT2D eigenvalue weighted by Gasteiger charge is -2.24. The second-order valence-electron chi connectivity index (χ2n) is 12.9. The average Bonchev–Trinajstić information content (AvgIpc) is 3.31. The largest absolute Gasteiger partial charge is 0.391 e. The lowest BCUT2D eigenvalue weighted by atomic mass is 10.0. The molecule has 2 heterocycles. The van der Waals surface area contributed by atoms with E-state index in [2.05, 4.69) is 16.8 Å². The van der Waals surface area contributed by atoms with E-state index in [-0.39, 0.29) is 17.2 Å². The van der Waals surface area contributed by atoms with Crippen molar-refractivity contribution < 1.29 is 9.90 Å². The smallest absolute Gasteiger partial charge is 0.329 e. The fourth-order valence-electron chi connectivity index (χ4n) is 6.31. The molecule has 1 unspecified atom stereocenters.